The van der Waals surface area contributed by atoms with Crippen LogP contribution in [0.25, 0.3) is 0 Å². The van der Waals surface area contributed by atoms with Crippen LogP contribution in [0.5, 0.6) is 0 Å². The van der Waals surface area contributed by atoms with Gasteiger partial charge in [0.15, 0.2) is 0 Å². The van der Waals surface area contributed by atoms with Gasteiger partial charge in [-0.25, -0.2) is 0 Å². The van der Waals surface area contributed by atoms with Gasteiger partial charge in [-0.1, -0.05) is 36.8 Å². The Hall–Kier alpha value is -0.900. The van der Waals surface area contributed by atoms with Gasteiger partial charge in [0.2, 0.25) is 0 Å². The SMILES string of the molecule is CCN1CCOC(C(O)Cc2ccc(C)cc2)C1. The number of hydrogen-bond donors (Lipinski definition) is 1. The summed E-state index contributed by atoms with van der Waals surface area (Å²) in [7, 11) is 0. The summed E-state index contributed by atoms with van der Waals surface area (Å²) in [4.78, 5) is 2.33. The van der Waals surface area contributed by atoms with E-state index in [-0.39, 0.29) is 6.10 Å². The molecular weight excluding hydrogens is 226 g/mol. The second-order valence-electron chi connectivity index (χ2n) is 5.06. The van der Waals surface area contributed by atoms with Gasteiger partial charge in [0.05, 0.1) is 18.8 Å². The normalized spacial score (nSPS) is 22.9. The zero-order chi connectivity index (χ0) is 13.0. The van der Waals surface area contributed by atoms with Crippen LogP contribution in [0.4, 0.5) is 0 Å². The van der Waals surface area contributed by atoms with E-state index < -0.39 is 6.10 Å². The van der Waals surface area contributed by atoms with E-state index in [1.54, 1.807) is 0 Å². The Kier molecular flexibility index (Phi) is 4.75. The molecule has 0 spiro atoms. The van der Waals surface area contributed by atoms with Crippen LogP contribution in [-0.2, 0) is 11.2 Å². The summed E-state index contributed by atoms with van der Waals surface area (Å²) in [6.07, 6.45) is 0.199. The van der Waals surface area contributed by atoms with E-state index in [1.807, 2.05) is 0 Å². The molecule has 1 heterocycles. The molecule has 3 heteroatoms. The highest BCUT2D eigenvalue weighted by Crippen LogP contribution is 2.14. The van der Waals surface area contributed by atoms with Gasteiger partial charge in [0, 0.05) is 19.5 Å². The minimum Gasteiger partial charge on any atom is -0.390 e. The van der Waals surface area contributed by atoms with E-state index in [0.717, 1.165) is 26.2 Å². The second kappa shape index (κ2) is 6.32. The van der Waals surface area contributed by atoms with Crippen LogP contribution in [-0.4, -0.2) is 48.5 Å². The Labute approximate surface area is 109 Å². The Bertz CT molecular complexity index is 363. The third-order valence-corrected chi connectivity index (χ3v) is 3.62. The predicted octanol–water partition coefficient (Wildman–Crippen LogP) is 1.62. The lowest BCUT2D eigenvalue weighted by molar-refractivity contribution is -0.0867. The lowest BCUT2D eigenvalue weighted by Gasteiger charge is -2.34. The minimum absolute atomic E-state index is 0.0556. The van der Waals surface area contributed by atoms with E-state index in [4.69, 9.17) is 4.74 Å². The van der Waals surface area contributed by atoms with Crippen LogP contribution < -0.4 is 0 Å². The molecule has 0 radical (unpaired) electrons. The first-order valence-electron chi connectivity index (χ1n) is 6.76. The van der Waals surface area contributed by atoms with E-state index in [9.17, 15) is 5.11 Å². The summed E-state index contributed by atoms with van der Waals surface area (Å²) in [5.41, 5.74) is 2.42. The molecule has 1 aromatic carbocycles. The third-order valence-electron chi connectivity index (χ3n) is 3.62. The van der Waals surface area contributed by atoms with Crippen molar-refractivity contribution in [3.8, 4) is 0 Å². The summed E-state index contributed by atoms with van der Waals surface area (Å²) >= 11 is 0. The summed E-state index contributed by atoms with van der Waals surface area (Å²) in [6.45, 7) is 7.78. The summed E-state index contributed by atoms with van der Waals surface area (Å²) < 4.78 is 5.68. The Morgan fingerprint density at radius 1 is 1.39 bits per heavy atom. The van der Waals surface area contributed by atoms with Crippen LogP contribution in [0.3, 0.4) is 0 Å². The first-order chi connectivity index (χ1) is 8.69. The lowest BCUT2D eigenvalue weighted by Crippen LogP contribution is -2.48. The smallest absolute Gasteiger partial charge is 0.0964 e. The monoisotopic (exact) mass is 249 g/mol. The number of morpholine rings is 1. The van der Waals surface area contributed by atoms with E-state index in [2.05, 4.69) is 43.0 Å². The molecule has 1 saturated heterocycles. The third kappa shape index (κ3) is 3.55. The zero-order valence-electron chi connectivity index (χ0n) is 11.3. The van der Waals surface area contributed by atoms with Crippen molar-refractivity contribution < 1.29 is 9.84 Å². The van der Waals surface area contributed by atoms with Gasteiger partial charge in [-0.05, 0) is 19.0 Å². The molecule has 2 atom stereocenters. The summed E-state index contributed by atoms with van der Waals surface area (Å²) in [5, 5.41) is 10.3. The maximum Gasteiger partial charge on any atom is 0.0964 e. The standard InChI is InChI=1S/C15H23NO2/c1-3-16-8-9-18-15(11-16)14(17)10-13-6-4-12(2)5-7-13/h4-7,14-15,17H,3,8-11H2,1-2H3. The average Bonchev–Trinajstić information content (AvgIpc) is 2.41. The summed E-state index contributed by atoms with van der Waals surface area (Å²) in [6, 6.07) is 8.34. The van der Waals surface area contributed by atoms with Gasteiger partial charge < -0.3 is 9.84 Å². The molecule has 0 aromatic heterocycles. The van der Waals surface area contributed by atoms with Crippen molar-refractivity contribution in [2.24, 2.45) is 0 Å². The number of hydrogen-bond acceptors (Lipinski definition) is 3. The number of benzene rings is 1. The van der Waals surface area contributed by atoms with Gasteiger partial charge in [0.25, 0.3) is 0 Å². The van der Waals surface area contributed by atoms with Crippen LogP contribution in [0.15, 0.2) is 24.3 Å². The first-order valence-corrected chi connectivity index (χ1v) is 6.76. The van der Waals surface area contributed by atoms with Gasteiger partial charge >= 0.3 is 0 Å². The van der Waals surface area contributed by atoms with Crippen molar-refractivity contribution in [3.05, 3.63) is 35.4 Å². The van der Waals surface area contributed by atoms with Crippen molar-refractivity contribution in [1.29, 1.82) is 0 Å². The number of likely N-dealkylation sites (N-methyl/N-ethyl adjacent to an activating group) is 1. The molecule has 0 saturated carbocycles. The molecule has 1 fully saturated rings. The molecule has 0 aliphatic carbocycles. The van der Waals surface area contributed by atoms with Crippen molar-refractivity contribution in [3.63, 3.8) is 0 Å². The van der Waals surface area contributed by atoms with Gasteiger partial charge in [-0.2, -0.15) is 0 Å². The molecule has 100 valence electrons. The van der Waals surface area contributed by atoms with Gasteiger partial charge in [0.1, 0.15) is 0 Å². The van der Waals surface area contributed by atoms with E-state index in [1.165, 1.54) is 11.1 Å². The lowest BCUT2D eigenvalue weighted by atomic mass is 10.0. The highest BCUT2D eigenvalue weighted by molar-refractivity contribution is 5.22. The fraction of sp³-hybridized carbons (Fsp3) is 0.600. The van der Waals surface area contributed by atoms with Crippen LogP contribution in [0.2, 0.25) is 0 Å². The van der Waals surface area contributed by atoms with Crippen molar-refractivity contribution >= 4 is 0 Å². The topological polar surface area (TPSA) is 32.7 Å². The number of nitrogens with zero attached hydrogens (tertiary/aromatic N) is 1. The Morgan fingerprint density at radius 3 is 2.78 bits per heavy atom. The van der Waals surface area contributed by atoms with E-state index in [0.29, 0.717) is 6.42 Å². The van der Waals surface area contributed by atoms with Crippen LogP contribution in [0, 0.1) is 6.92 Å². The number of rotatable bonds is 4. The fourth-order valence-corrected chi connectivity index (χ4v) is 2.35. The van der Waals surface area contributed by atoms with Crippen molar-refractivity contribution in [1.82, 2.24) is 4.90 Å². The highest BCUT2D eigenvalue weighted by atomic mass is 16.5. The number of ether oxygens (including phenoxy) is 1. The van der Waals surface area contributed by atoms with Gasteiger partial charge in [-0.15, -0.1) is 0 Å². The molecule has 2 rings (SSSR count). The largest absolute Gasteiger partial charge is 0.390 e. The molecule has 3 nitrogen and oxygen atoms in total. The molecule has 0 amide bonds. The number of aliphatic hydroxyl groups is 1. The van der Waals surface area contributed by atoms with Crippen molar-refractivity contribution in [2.45, 2.75) is 32.5 Å². The molecular formula is C15H23NO2. The van der Waals surface area contributed by atoms with E-state index >= 15 is 0 Å². The predicted molar refractivity (Wildman–Crippen MR) is 72.7 cm³/mol. The first kappa shape index (κ1) is 13.5. The molecule has 2 unspecified atom stereocenters. The van der Waals surface area contributed by atoms with Crippen molar-refractivity contribution in [2.75, 3.05) is 26.2 Å². The average molecular weight is 249 g/mol. The molecule has 18 heavy (non-hydrogen) atoms. The zero-order valence-corrected chi connectivity index (χ0v) is 11.3. The van der Waals surface area contributed by atoms with Crippen LogP contribution >= 0.6 is 0 Å². The molecule has 1 aliphatic rings. The maximum absolute atomic E-state index is 10.3. The molecule has 1 aromatic rings. The minimum atomic E-state index is -0.415. The molecule has 1 aliphatic heterocycles. The number of aryl methyl sites for hydroxylation is 1. The van der Waals surface area contributed by atoms with Crippen LogP contribution in [0.1, 0.15) is 18.1 Å². The quantitative estimate of drug-likeness (QED) is 0.880. The maximum atomic E-state index is 10.3. The summed E-state index contributed by atoms with van der Waals surface area (Å²) in [5.74, 6) is 0. The molecule has 1 N–H and O–H groups in total. The fourth-order valence-electron chi connectivity index (χ4n) is 2.35. The Morgan fingerprint density at radius 2 is 2.11 bits per heavy atom. The Balaban J connectivity index is 1.90. The van der Waals surface area contributed by atoms with Gasteiger partial charge in [-0.3, -0.25) is 4.90 Å². The second-order valence-corrected chi connectivity index (χ2v) is 5.06. The highest BCUT2D eigenvalue weighted by Gasteiger charge is 2.26. The number of aliphatic hydroxyl groups excluding tert-OH is 1. The molecule has 0 bridgehead atoms.